The Morgan fingerprint density at radius 2 is 2.09 bits per heavy atom. The van der Waals surface area contributed by atoms with Crippen LogP contribution in [0.25, 0.3) is 6.08 Å². The van der Waals surface area contributed by atoms with Gasteiger partial charge in [0.2, 0.25) is 11.8 Å². The molecule has 7 nitrogen and oxygen atoms in total. The molecule has 158 valence electrons. The van der Waals surface area contributed by atoms with E-state index in [0.29, 0.717) is 22.0 Å². The third-order valence-electron chi connectivity index (χ3n) is 5.45. The van der Waals surface area contributed by atoms with Crippen LogP contribution in [0.15, 0.2) is 48.7 Å². The van der Waals surface area contributed by atoms with E-state index in [4.69, 9.17) is 16.3 Å². The Balaban J connectivity index is 1.49. The van der Waals surface area contributed by atoms with E-state index in [1.165, 1.54) is 11.1 Å². The number of benzene rings is 2. The van der Waals surface area contributed by atoms with Crippen LogP contribution in [0.4, 0.5) is 17.3 Å². The number of nitriles is 1. The summed E-state index contributed by atoms with van der Waals surface area (Å²) in [7, 11) is 0. The minimum atomic E-state index is -1.02. The van der Waals surface area contributed by atoms with Crippen molar-refractivity contribution in [1.82, 2.24) is 9.97 Å². The van der Waals surface area contributed by atoms with Gasteiger partial charge < -0.3 is 10.1 Å². The second kappa shape index (κ2) is 7.36. The zero-order chi connectivity index (χ0) is 22.5. The van der Waals surface area contributed by atoms with Gasteiger partial charge in [-0.25, -0.2) is 4.98 Å². The molecule has 0 unspecified atom stereocenters. The number of para-hydroxylation sites is 1. The molecule has 0 radical (unpaired) electrons. The number of nitrogens with one attached hydrogen (secondary N) is 1. The number of aromatic nitrogens is 2. The van der Waals surface area contributed by atoms with E-state index < -0.39 is 5.72 Å². The molecule has 32 heavy (non-hydrogen) atoms. The summed E-state index contributed by atoms with van der Waals surface area (Å²) >= 11 is 6.34. The molecular formula is C24H18ClN5O2. The third kappa shape index (κ3) is 3.26. The number of halogens is 1. The predicted molar refractivity (Wildman–Crippen MR) is 122 cm³/mol. The fraction of sp³-hybridized carbons (Fsp3) is 0.167. The lowest BCUT2D eigenvalue weighted by molar-refractivity contribution is 0.0606. The largest absolute Gasteiger partial charge is 0.450 e. The van der Waals surface area contributed by atoms with Crippen LogP contribution in [0.1, 0.15) is 40.9 Å². The van der Waals surface area contributed by atoms with E-state index in [1.54, 1.807) is 38.1 Å². The lowest BCUT2D eigenvalue weighted by Gasteiger charge is -2.42. The predicted octanol–water partition coefficient (Wildman–Crippen LogP) is 5.09. The highest BCUT2D eigenvalue weighted by Crippen LogP contribution is 2.39. The molecule has 0 fully saturated rings. The Bertz CT molecular complexity index is 1340. The second-order valence-corrected chi connectivity index (χ2v) is 8.40. The minimum Gasteiger partial charge on any atom is -0.450 e. The van der Waals surface area contributed by atoms with Gasteiger partial charge in [0.15, 0.2) is 5.72 Å². The summed E-state index contributed by atoms with van der Waals surface area (Å²) in [6.07, 6.45) is 6.20. The molecule has 0 bridgehead atoms. The molecule has 1 amide bonds. The van der Waals surface area contributed by atoms with Crippen LogP contribution in [0.3, 0.4) is 0 Å². The lowest BCUT2D eigenvalue weighted by Crippen LogP contribution is -2.55. The van der Waals surface area contributed by atoms with Gasteiger partial charge in [-0.1, -0.05) is 35.9 Å². The number of nitrogens with zero attached hydrogens (tertiary/aromatic N) is 4. The maximum atomic E-state index is 13.3. The Morgan fingerprint density at radius 1 is 1.28 bits per heavy atom. The smallest absolute Gasteiger partial charge is 0.268 e. The number of hydrogen-bond acceptors (Lipinski definition) is 6. The van der Waals surface area contributed by atoms with Gasteiger partial charge in [0.1, 0.15) is 5.56 Å². The van der Waals surface area contributed by atoms with Gasteiger partial charge in [-0.3, -0.25) is 9.69 Å². The van der Waals surface area contributed by atoms with E-state index in [2.05, 4.69) is 21.4 Å². The van der Waals surface area contributed by atoms with E-state index in [1.807, 2.05) is 24.3 Å². The average molecular weight is 444 g/mol. The SMILES string of the molecule is CC1(C)Oc2nc(Nc3cc(C#N)c4c(c3)C=CC4)ncc2C(=O)N1c1ccccc1Cl. The molecule has 2 heterocycles. The first kappa shape index (κ1) is 20.0. The van der Waals surface area contributed by atoms with Crippen molar-refractivity contribution < 1.29 is 9.53 Å². The Morgan fingerprint density at radius 3 is 2.88 bits per heavy atom. The number of hydrogen-bond donors (Lipinski definition) is 1. The zero-order valence-electron chi connectivity index (χ0n) is 17.4. The number of fused-ring (bicyclic) bond motifs is 2. The Labute approximate surface area is 189 Å². The van der Waals surface area contributed by atoms with Crippen molar-refractivity contribution in [2.45, 2.75) is 26.0 Å². The molecule has 5 rings (SSSR count). The topological polar surface area (TPSA) is 91.1 Å². The van der Waals surface area contributed by atoms with Gasteiger partial charge >= 0.3 is 0 Å². The van der Waals surface area contributed by atoms with Crippen molar-refractivity contribution in [1.29, 1.82) is 5.26 Å². The number of rotatable bonds is 3. The molecular weight excluding hydrogens is 426 g/mol. The summed E-state index contributed by atoms with van der Waals surface area (Å²) in [4.78, 5) is 23.5. The standard InChI is InChI=1S/C24H18ClN5O2/c1-24(2)30(20-9-4-3-8-19(20)25)22(31)18-13-27-23(29-21(18)32-24)28-16-10-14-6-5-7-17(14)15(11-16)12-26/h3-6,8-11,13H,7H2,1-2H3,(H,27,28,29). The number of amides is 1. The number of carbonyl (C=O) groups is 1. The third-order valence-corrected chi connectivity index (χ3v) is 5.77. The van der Waals surface area contributed by atoms with Crippen LogP contribution in [-0.2, 0) is 6.42 Å². The maximum absolute atomic E-state index is 13.3. The number of allylic oxidation sites excluding steroid dienone is 1. The van der Waals surface area contributed by atoms with Crippen LogP contribution in [0.2, 0.25) is 5.02 Å². The quantitative estimate of drug-likeness (QED) is 0.606. The summed E-state index contributed by atoms with van der Waals surface area (Å²) in [5.41, 5.74) is 3.07. The number of ether oxygens (including phenoxy) is 1. The number of anilines is 3. The second-order valence-electron chi connectivity index (χ2n) is 7.99. The zero-order valence-corrected chi connectivity index (χ0v) is 18.1. The van der Waals surface area contributed by atoms with Gasteiger partial charge in [0.25, 0.3) is 5.91 Å². The summed E-state index contributed by atoms with van der Waals surface area (Å²) < 4.78 is 6.10. The van der Waals surface area contributed by atoms with Crippen molar-refractivity contribution >= 4 is 40.9 Å². The molecule has 2 aromatic carbocycles. The van der Waals surface area contributed by atoms with Crippen LogP contribution in [0.5, 0.6) is 5.88 Å². The molecule has 0 atom stereocenters. The van der Waals surface area contributed by atoms with Gasteiger partial charge in [0, 0.05) is 11.9 Å². The van der Waals surface area contributed by atoms with Crippen LogP contribution in [-0.4, -0.2) is 21.6 Å². The molecule has 8 heteroatoms. The van der Waals surface area contributed by atoms with Gasteiger partial charge in [-0.05, 0) is 55.7 Å². The minimum absolute atomic E-state index is 0.183. The highest BCUT2D eigenvalue weighted by molar-refractivity contribution is 6.34. The molecule has 0 saturated carbocycles. The fourth-order valence-corrected chi connectivity index (χ4v) is 4.23. The molecule has 1 aliphatic carbocycles. The highest BCUT2D eigenvalue weighted by Gasteiger charge is 2.43. The van der Waals surface area contributed by atoms with Crippen molar-refractivity contribution in [2.24, 2.45) is 0 Å². The van der Waals surface area contributed by atoms with Crippen molar-refractivity contribution in [3.8, 4) is 11.9 Å². The van der Waals surface area contributed by atoms with E-state index in [-0.39, 0.29) is 23.3 Å². The monoisotopic (exact) mass is 443 g/mol. The summed E-state index contributed by atoms with van der Waals surface area (Å²) in [6.45, 7) is 3.55. The number of carbonyl (C=O) groups excluding carboxylic acids is 1. The molecule has 0 spiro atoms. The highest BCUT2D eigenvalue weighted by atomic mass is 35.5. The fourth-order valence-electron chi connectivity index (χ4n) is 4.01. The van der Waals surface area contributed by atoms with Crippen LogP contribution >= 0.6 is 11.6 Å². The first-order valence-electron chi connectivity index (χ1n) is 10.0. The maximum Gasteiger partial charge on any atom is 0.268 e. The molecule has 1 aromatic heterocycles. The van der Waals surface area contributed by atoms with Crippen LogP contribution < -0.4 is 15.0 Å². The van der Waals surface area contributed by atoms with E-state index in [0.717, 1.165) is 17.5 Å². The summed E-state index contributed by atoms with van der Waals surface area (Å²) in [5.74, 6) is 0.150. The molecule has 3 aromatic rings. The molecule has 0 saturated heterocycles. The Kier molecular flexibility index (Phi) is 4.61. The molecule has 1 N–H and O–H groups in total. The average Bonchev–Trinajstić information content (AvgIpc) is 3.22. The van der Waals surface area contributed by atoms with E-state index in [9.17, 15) is 10.1 Å². The van der Waals surface area contributed by atoms with Gasteiger partial charge in [-0.15, -0.1) is 0 Å². The van der Waals surface area contributed by atoms with Gasteiger partial charge in [0.05, 0.1) is 22.3 Å². The normalized spacial score (nSPS) is 15.6. The molecule has 2 aliphatic rings. The lowest BCUT2D eigenvalue weighted by atomic mass is 10.0. The first-order valence-corrected chi connectivity index (χ1v) is 10.4. The molecule has 1 aliphatic heterocycles. The van der Waals surface area contributed by atoms with Crippen molar-refractivity contribution in [3.05, 3.63) is 75.9 Å². The summed E-state index contributed by atoms with van der Waals surface area (Å²) in [6, 6.07) is 13.0. The summed E-state index contributed by atoms with van der Waals surface area (Å²) in [5, 5.41) is 13.0. The Hall–Kier alpha value is -3.89. The van der Waals surface area contributed by atoms with Crippen LogP contribution in [0, 0.1) is 11.3 Å². The van der Waals surface area contributed by atoms with E-state index >= 15 is 0 Å². The van der Waals surface area contributed by atoms with Crippen molar-refractivity contribution in [3.63, 3.8) is 0 Å². The first-order chi connectivity index (χ1) is 15.4. The van der Waals surface area contributed by atoms with Gasteiger partial charge in [-0.2, -0.15) is 10.2 Å². The van der Waals surface area contributed by atoms with Crippen molar-refractivity contribution in [2.75, 3.05) is 10.2 Å².